The van der Waals surface area contributed by atoms with Gasteiger partial charge < -0.3 is 12.9 Å². The Morgan fingerprint density at radius 3 is 0.625 bits per heavy atom. The molecule has 3 nitrogen and oxygen atoms in total. The van der Waals surface area contributed by atoms with Crippen molar-refractivity contribution in [2.45, 2.75) is 213 Å². The average Bonchev–Trinajstić information content (AvgIpc) is 2.97. The Labute approximate surface area is 260 Å². The maximum atomic E-state index is 3.93. The van der Waals surface area contributed by atoms with Crippen molar-refractivity contribution in [2.75, 3.05) is 19.6 Å². The molecule has 0 unspecified atom stereocenters. The van der Waals surface area contributed by atoms with Crippen molar-refractivity contribution in [2.24, 2.45) is 0 Å². The van der Waals surface area contributed by atoms with E-state index >= 15 is 0 Å². The van der Waals surface area contributed by atoms with E-state index in [9.17, 15) is 0 Å². The third kappa shape index (κ3) is 34.6. The van der Waals surface area contributed by atoms with Gasteiger partial charge in [0.05, 0.1) is 0 Å². The van der Waals surface area contributed by atoms with Crippen LogP contribution >= 0.6 is 0 Å². The molecule has 0 fully saturated rings. The molecule has 0 aromatic carbocycles. The summed E-state index contributed by atoms with van der Waals surface area (Å²) in [6.07, 6.45) is 42.7. The van der Waals surface area contributed by atoms with Gasteiger partial charge >= 0.3 is 14.8 Å². The quantitative estimate of drug-likeness (QED) is 0.0510. The second-order valence-corrected chi connectivity index (χ2v) is 14.9. The van der Waals surface area contributed by atoms with E-state index in [-0.39, 0.29) is 0 Å². The number of nitrogens with one attached hydrogen (secondary N) is 3. The lowest BCUT2D eigenvalue weighted by Crippen LogP contribution is -2.58. The van der Waals surface area contributed by atoms with Crippen molar-refractivity contribution < 1.29 is 0 Å². The molecule has 0 atom stereocenters. The molecule has 0 saturated heterocycles. The summed E-state index contributed by atoms with van der Waals surface area (Å²) >= 11 is -1.23. The largest absolute Gasteiger partial charge is 0.600 e. The van der Waals surface area contributed by atoms with Crippen molar-refractivity contribution in [3.8, 4) is 0 Å². The van der Waals surface area contributed by atoms with Gasteiger partial charge in [-0.1, -0.05) is 194 Å². The van der Waals surface area contributed by atoms with Gasteiger partial charge in [-0.05, 0) is 38.9 Å². The van der Waals surface area contributed by atoms with Gasteiger partial charge in [0.2, 0.25) is 0 Å². The number of hydrogen-bond acceptors (Lipinski definition) is 3. The minimum atomic E-state index is -1.23. The minimum Gasteiger partial charge on any atom is -0.371 e. The van der Waals surface area contributed by atoms with Crippen LogP contribution < -0.4 is 12.9 Å². The molecule has 3 N–H and O–H groups in total. The van der Waals surface area contributed by atoms with Crippen LogP contribution in [0.5, 0.6) is 0 Å². The van der Waals surface area contributed by atoms with E-state index in [2.05, 4.69) is 33.7 Å². The van der Waals surface area contributed by atoms with Crippen LogP contribution in [0.2, 0.25) is 0 Å². The Balaban J connectivity index is 3.89. The fraction of sp³-hybridized carbons (Fsp3) is 1.00. The van der Waals surface area contributed by atoms with E-state index in [1.807, 2.05) is 0 Å². The van der Waals surface area contributed by atoms with Gasteiger partial charge in [0, 0.05) is 0 Å². The third-order valence-electron chi connectivity index (χ3n) is 8.64. The Kier molecular flexibility index (Phi) is 37.8. The Morgan fingerprint density at radius 2 is 0.425 bits per heavy atom. The van der Waals surface area contributed by atoms with Gasteiger partial charge in [-0.3, -0.25) is 0 Å². The first-order chi connectivity index (χ1) is 19.8. The highest BCUT2D eigenvalue weighted by Gasteiger charge is 2.18. The van der Waals surface area contributed by atoms with Crippen LogP contribution in [0, 0.1) is 0 Å². The second kappa shape index (κ2) is 37.4. The highest BCUT2D eigenvalue weighted by atomic mass is 27.2. The first-order valence-electron chi connectivity index (χ1n) is 19.0. The summed E-state index contributed by atoms with van der Waals surface area (Å²) in [6.45, 7) is 10.5. The van der Waals surface area contributed by atoms with Crippen LogP contribution in [-0.2, 0) is 0 Å². The predicted octanol–water partition coefficient (Wildman–Crippen LogP) is 11.5. The summed E-state index contributed by atoms with van der Waals surface area (Å²) in [5, 5.41) is 0. The van der Waals surface area contributed by atoms with Gasteiger partial charge in [-0.15, -0.1) is 0 Å². The average molecular weight is 580 g/mol. The minimum absolute atomic E-state index is 1.20. The highest BCUT2D eigenvalue weighted by Crippen LogP contribution is 2.12. The van der Waals surface area contributed by atoms with Crippen molar-refractivity contribution in [3.05, 3.63) is 0 Å². The van der Waals surface area contributed by atoms with Crippen LogP contribution in [0.15, 0.2) is 0 Å². The standard InChI is InChI=1S/3C12H26N.Al/c3*1-2-3-4-5-6-7-8-9-10-11-12-13;/h3*13H,2-12H2,1H3;/q3*-1;+3. The van der Waals surface area contributed by atoms with Crippen LogP contribution in [0.1, 0.15) is 213 Å². The molecule has 0 rings (SSSR count). The lowest BCUT2D eigenvalue weighted by atomic mass is 10.1. The molecule has 0 heterocycles. The molecule has 0 aliphatic carbocycles. The van der Waals surface area contributed by atoms with Crippen molar-refractivity contribution in [1.29, 1.82) is 0 Å². The molecule has 0 bridgehead atoms. The molecular formula is C36H78AlN3. The molecule has 0 spiro atoms. The second-order valence-electron chi connectivity index (χ2n) is 12.8. The zero-order valence-corrected chi connectivity index (χ0v) is 29.6. The van der Waals surface area contributed by atoms with Gasteiger partial charge in [-0.25, -0.2) is 0 Å². The zero-order chi connectivity index (χ0) is 29.0. The van der Waals surface area contributed by atoms with E-state index in [0.717, 1.165) is 0 Å². The number of hydrogen-bond donors (Lipinski definition) is 3. The van der Waals surface area contributed by atoms with Crippen LogP contribution in [0.3, 0.4) is 0 Å². The van der Waals surface area contributed by atoms with E-state index in [1.54, 1.807) is 0 Å². The van der Waals surface area contributed by atoms with Gasteiger partial charge in [-0.2, -0.15) is 0 Å². The normalized spacial score (nSPS) is 11.5. The molecule has 240 valence electrons. The van der Waals surface area contributed by atoms with Crippen LogP contribution in [-0.4, -0.2) is 34.4 Å². The summed E-state index contributed by atoms with van der Waals surface area (Å²) in [5.74, 6) is 0. The summed E-state index contributed by atoms with van der Waals surface area (Å²) < 4.78 is 11.8. The number of rotatable bonds is 36. The smallest absolute Gasteiger partial charge is 0.371 e. The molecule has 0 aromatic rings. The van der Waals surface area contributed by atoms with E-state index in [1.165, 1.54) is 212 Å². The van der Waals surface area contributed by atoms with Crippen molar-refractivity contribution in [1.82, 2.24) is 12.9 Å². The molecule has 4 heteroatoms. The Bertz CT molecular complexity index is 372. The van der Waals surface area contributed by atoms with Crippen LogP contribution in [0.25, 0.3) is 0 Å². The maximum absolute atomic E-state index is 3.93. The Hall–Kier alpha value is 0.412. The molecule has 0 aliphatic rings. The first-order valence-corrected chi connectivity index (χ1v) is 20.8. The third-order valence-corrected chi connectivity index (χ3v) is 10.7. The summed E-state index contributed by atoms with van der Waals surface area (Å²) in [6, 6.07) is 0. The monoisotopic (exact) mass is 580 g/mol. The van der Waals surface area contributed by atoms with Gasteiger partial charge in [0.15, 0.2) is 0 Å². The van der Waals surface area contributed by atoms with Gasteiger partial charge in [0.1, 0.15) is 0 Å². The SMILES string of the molecule is CCCCCCCCCCCC[NH][Al]([NH]CCCCCCCCCCCC)[NH]CCCCCCCCCCCC. The summed E-state index contributed by atoms with van der Waals surface area (Å²) in [7, 11) is 0. The molecule has 0 radical (unpaired) electrons. The molecule has 0 amide bonds. The van der Waals surface area contributed by atoms with E-state index in [4.69, 9.17) is 0 Å². The molecule has 40 heavy (non-hydrogen) atoms. The molecule has 0 saturated carbocycles. The van der Waals surface area contributed by atoms with Crippen molar-refractivity contribution >= 4 is 14.8 Å². The van der Waals surface area contributed by atoms with Crippen molar-refractivity contribution in [3.63, 3.8) is 0 Å². The maximum Gasteiger partial charge on any atom is 0.600 e. The van der Waals surface area contributed by atoms with Gasteiger partial charge in [0.25, 0.3) is 0 Å². The lowest BCUT2D eigenvalue weighted by molar-refractivity contribution is 0.547. The molecule has 0 aliphatic heterocycles. The fourth-order valence-electron chi connectivity index (χ4n) is 5.79. The highest BCUT2D eigenvalue weighted by molar-refractivity contribution is 6.50. The topological polar surface area (TPSA) is 36.1 Å². The summed E-state index contributed by atoms with van der Waals surface area (Å²) in [5.41, 5.74) is 0. The number of unbranched alkanes of at least 4 members (excludes halogenated alkanes) is 27. The predicted molar refractivity (Wildman–Crippen MR) is 185 cm³/mol. The molecular weight excluding hydrogens is 501 g/mol. The lowest BCUT2D eigenvalue weighted by Gasteiger charge is -2.16. The van der Waals surface area contributed by atoms with E-state index in [0.29, 0.717) is 0 Å². The molecule has 0 aromatic heterocycles. The summed E-state index contributed by atoms with van der Waals surface area (Å²) in [4.78, 5) is 0. The van der Waals surface area contributed by atoms with Crippen LogP contribution in [0.4, 0.5) is 0 Å². The van der Waals surface area contributed by atoms with E-state index < -0.39 is 14.8 Å². The zero-order valence-electron chi connectivity index (χ0n) is 28.4. The first kappa shape index (κ1) is 40.4. The fourth-order valence-corrected chi connectivity index (χ4v) is 7.70. The Morgan fingerprint density at radius 1 is 0.250 bits per heavy atom.